The minimum absolute atomic E-state index is 0.114. The predicted octanol–water partition coefficient (Wildman–Crippen LogP) is 3.12. The Balaban J connectivity index is 1.97. The minimum atomic E-state index is -0.114. The van der Waals surface area contributed by atoms with Crippen LogP contribution in [0.3, 0.4) is 0 Å². The van der Waals surface area contributed by atoms with Crippen LogP contribution in [0, 0.1) is 11.8 Å². The molecule has 0 amide bonds. The molecule has 1 aliphatic heterocycles. The SMILES string of the molecule is CCOC1(C(N)C2CCC(CC)CC2)CCOCC1. The number of nitrogens with two attached hydrogens (primary N) is 1. The highest BCUT2D eigenvalue weighted by molar-refractivity contribution is 4.97. The molecule has 1 atom stereocenters. The third-order valence-corrected chi connectivity index (χ3v) is 5.36. The van der Waals surface area contributed by atoms with Crippen molar-refractivity contribution in [3.63, 3.8) is 0 Å². The Hall–Kier alpha value is -0.120. The van der Waals surface area contributed by atoms with Crippen LogP contribution in [0.5, 0.6) is 0 Å². The zero-order valence-corrected chi connectivity index (χ0v) is 12.7. The summed E-state index contributed by atoms with van der Waals surface area (Å²) in [6, 6.07) is 0.189. The topological polar surface area (TPSA) is 44.5 Å². The third kappa shape index (κ3) is 3.50. The van der Waals surface area contributed by atoms with Crippen LogP contribution in [-0.4, -0.2) is 31.5 Å². The first kappa shape index (κ1) is 15.3. The summed E-state index contributed by atoms with van der Waals surface area (Å²) in [6.45, 7) is 6.76. The van der Waals surface area contributed by atoms with Crippen molar-refractivity contribution in [1.82, 2.24) is 0 Å². The van der Waals surface area contributed by atoms with Crippen molar-refractivity contribution in [2.45, 2.75) is 70.4 Å². The van der Waals surface area contributed by atoms with E-state index in [4.69, 9.17) is 15.2 Å². The summed E-state index contributed by atoms with van der Waals surface area (Å²) in [5.74, 6) is 1.58. The third-order valence-electron chi connectivity index (χ3n) is 5.36. The van der Waals surface area contributed by atoms with E-state index in [-0.39, 0.29) is 11.6 Å². The van der Waals surface area contributed by atoms with Crippen LogP contribution in [0.2, 0.25) is 0 Å². The number of hydrogen-bond donors (Lipinski definition) is 1. The van der Waals surface area contributed by atoms with Crippen molar-refractivity contribution in [3.8, 4) is 0 Å². The van der Waals surface area contributed by atoms with Gasteiger partial charge in [0.25, 0.3) is 0 Å². The van der Waals surface area contributed by atoms with Crippen molar-refractivity contribution >= 4 is 0 Å². The minimum Gasteiger partial charge on any atom is -0.381 e. The van der Waals surface area contributed by atoms with Crippen molar-refractivity contribution in [3.05, 3.63) is 0 Å². The lowest BCUT2D eigenvalue weighted by molar-refractivity contribution is -0.131. The summed E-state index contributed by atoms with van der Waals surface area (Å²) in [5.41, 5.74) is 6.54. The van der Waals surface area contributed by atoms with Gasteiger partial charge in [-0.15, -0.1) is 0 Å². The first-order chi connectivity index (χ1) is 9.22. The van der Waals surface area contributed by atoms with Gasteiger partial charge in [-0.25, -0.2) is 0 Å². The van der Waals surface area contributed by atoms with Gasteiger partial charge < -0.3 is 15.2 Å². The molecule has 1 unspecified atom stereocenters. The van der Waals surface area contributed by atoms with Crippen molar-refractivity contribution in [2.24, 2.45) is 17.6 Å². The zero-order valence-electron chi connectivity index (χ0n) is 12.7. The van der Waals surface area contributed by atoms with E-state index in [1.165, 1.54) is 32.1 Å². The molecule has 1 aliphatic carbocycles. The van der Waals surface area contributed by atoms with E-state index >= 15 is 0 Å². The normalized spacial score (nSPS) is 33.0. The van der Waals surface area contributed by atoms with Crippen LogP contribution in [0.1, 0.15) is 58.8 Å². The van der Waals surface area contributed by atoms with E-state index in [2.05, 4.69) is 13.8 Å². The molecule has 0 spiro atoms. The second-order valence-corrected chi connectivity index (χ2v) is 6.32. The Morgan fingerprint density at radius 3 is 2.32 bits per heavy atom. The van der Waals surface area contributed by atoms with E-state index in [9.17, 15) is 0 Å². The van der Waals surface area contributed by atoms with Crippen molar-refractivity contribution < 1.29 is 9.47 Å². The van der Waals surface area contributed by atoms with Gasteiger partial charge in [-0.1, -0.05) is 26.2 Å². The molecule has 3 heteroatoms. The van der Waals surface area contributed by atoms with Gasteiger partial charge in [0.05, 0.1) is 5.60 Å². The van der Waals surface area contributed by atoms with E-state index in [0.29, 0.717) is 5.92 Å². The molecule has 1 heterocycles. The Labute approximate surface area is 118 Å². The summed E-state index contributed by atoms with van der Waals surface area (Å²) < 4.78 is 11.6. The fourth-order valence-corrected chi connectivity index (χ4v) is 3.96. The Bertz CT molecular complexity index is 250. The maximum Gasteiger partial charge on any atom is 0.0878 e. The lowest BCUT2D eigenvalue weighted by Gasteiger charge is -2.46. The zero-order chi connectivity index (χ0) is 13.7. The highest BCUT2D eigenvalue weighted by atomic mass is 16.5. The summed E-state index contributed by atoms with van der Waals surface area (Å²) in [7, 11) is 0. The van der Waals surface area contributed by atoms with Crippen molar-refractivity contribution in [2.75, 3.05) is 19.8 Å². The summed E-state index contributed by atoms with van der Waals surface area (Å²) >= 11 is 0. The molecular formula is C16H31NO2. The number of rotatable bonds is 5. The number of hydrogen-bond acceptors (Lipinski definition) is 3. The Kier molecular flexibility index (Phi) is 5.67. The number of ether oxygens (including phenoxy) is 2. The van der Waals surface area contributed by atoms with Gasteiger partial charge in [0.2, 0.25) is 0 Å². The van der Waals surface area contributed by atoms with Crippen LogP contribution in [-0.2, 0) is 9.47 Å². The molecule has 0 radical (unpaired) electrons. The highest BCUT2D eigenvalue weighted by Crippen LogP contribution is 2.39. The van der Waals surface area contributed by atoms with E-state index in [0.717, 1.165) is 38.6 Å². The van der Waals surface area contributed by atoms with Crippen molar-refractivity contribution in [1.29, 1.82) is 0 Å². The molecule has 2 fully saturated rings. The molecule has 0 bridgehead atoms. The molecule has 0 aromatic carbocycles. The van der Waals surface area contributed by atoms with Crippen LogP contribution < -0.4 is 5.73 Å². The lowest BCUT2D eigenvalue weighted by atomic mass is 9.71. The van der Waals surface area contributed by atoms with Crippen LogP contribution >= 0.6 is 0 Å². The van der Waals surface area contributed by atoms with E-state index < -0.39 is 0 Å². The first-order valence-electron chi connectivity index (χ1n) is 8.19. The molecule has 0 aromatic heterocycles. The maximum atomic E-state index is 6.65. The molecular weight excluding hydrogens is 238 g/mol. The fourth-order valence-electron chi connectivity index (χ4n) is 3.96. The van der Waals surface area contributed by atoms with Gasteiger partial charge in [-0.3, -0.25) is 0 Å². The Morgan fingerprint density at radius 2 is 1.79 bits per heavy atom. The molecule has 2 N–H and O–H groups in total. The second kappa shape index (κ2) is 7.05. The largest absolute Gasteiger partial charge is 0.381 e. The van der Waals surface area contributed by atoms with Gasteiger partial charge in [0.1, 0.15) is 0 Å². The standard InChI is InChI=1S/C16H31NO2/c1-3-13-5-7-14(8-6-13)15(17)16(19-4-2)9-11-18-12-10-16/h13-15H,3-12,17H2,1-2H3. The summed E-state index contributed by atoms with van der Waals surface area (Å²) in [6.07, 6.45) is 8.55. The lowest BCUT2D eigenvalue weighted by Crippen LogP contribution is -2.57. The van der Waals surface area contributed by atoms with Gasteiger partial charge in [0.15, 0.2) is 0 Å². The molecule has 1 saturated carbocycles. The Morgan fingerprint density at radius 1 is 1.16 bits per heavy atom. The van der Waals surface area contributed by atoms with Gasteiger partial charge in [0, 0.05) is 38.7 Å². The molecule has 2 rings (SSSR count). The molecule has 2 aliphatic rings. The van der Waals surface area contributed by atoms with E-state index in [1.807, 2.05) is 0 Å². The molecule has 112 valence electrons. The smallest absolute Gasteiger partial charge is 0.0878 e. The van der Waals surface area contributed by atoms with Gasteiger partial charge in [-0.05, 0) is 31.6 Å². The molecule has 3 nitrogen and oxygen atoms in total. The monoisotopic (exact) mass is 269 g/mol. The second-order valence-electron chi connectivity index (χ2n) is 6.32. The first-order valence-corrected chi connectivity index (χ1v) is 8.19. The summed E-state index contributed by atoms with van der Waals surface area (Å²) in [5, 5.41) is 0. The van der Waals surface area contributed by atoms with Gasteiger partial charge in [-0.2, -0.15) is 0 Å². The molecule has 1 saturated heterocycles. The van der Waals surface area contributed by atoms with Gasteiger partial charge >= 0.3 is 0 Å². The maximum absolute atomic E-state index is 6.65. The highest BCUT2D eigenvalue weighted by Gasteiger charge is 2.43. The predicted molar refractivity (Wildman–Crippen MR) is 78.1 cm³/mol. The van der Waals surface area contributed by atoms with E-state index in [1.54, 1.807) is 0 Å². The van der Waals surface area contributed by atoms with Crippen LogP contribution in [0.25, 0.3) is 0 Å². The van der Waals surface area contributed by atoms with Crippen LogP contribution in [0.15, 0.2) is 0 Å². The quantitative estimate of drug-likeness (QED) is 0.834. The average Bonchev–Trinajstić information content (AvgIpc) is 2.48. The molecule has 0 aromatic rings. The fraction of sp³-hybridized carbons (Fsp3) is 1.00. The van der Waals surface area contributed by atoms with Crippen LogP contribution in [0.4, 0.5) is 0 Å². The molecule has 19 heavy (non-hydrogen) atoms. The average molecular weight is 269 g/mol. The summed E-state index contributed by atoms with van der Waals surface area (Å²) in [4.78, 5) is 0.